The summed E-state index contributed by atoms with van der Waals surface area (Å²) >= 11 is 1.74. The van der Waals surface area contributed by atoms with Crippen molar-refractivity contribution in [1.82, 2.24) is 10.6 Å². The van der Waals surface area contributed by atoms with Crippen molar-refractivity contribution in [2.24, 2.45) is 10.7 Å². The zero-order valence-electron chi connectivity index (χ0n) is 12.8. The zero-order valence-corrected chi connectivity index (χ0v) is 14.4. The average Bonchev–Trinajstić information content (AvgIpc) is 3.01. The Labute approximate surface area is 146 Å². The van der Waals surface area contributed by atoms with Crippen molar-refractivity contribution in [3.63, 3.8) is 0 Å². The third-order valence-corrected chi connectivity index (χ3v) is 3.95. The van der Waals surface area contributed by atoms with Crippen molar-refractivity contribution < 1.29 is 0 Å². The first-order valence-electron chi connectivity index (χ1n) is 7.20. The van der Waals surface area contributed by atoms with Gasteiger partial charge in [0, 0.05) is 18.0 Å². The summed E-state index contributed by atoms with van der Waals surface area (Å²) in [5.41, 5.74) is 6.64. The molecule has 1 aromatic heterocycles. The monoisotopic (exact) mass is 351 g/mol. The third-order valence-electron chi connectivity index (χ3n) is 3.01. The van der Waals surface area contributed by atoms with Gasteiger partial charge in [-0.2, -0.15) is 0 Å². The standard InChI is InChI=1S/C16H21N5S.ClH/c17-15(18)21-16(20-11-9-14-7-4-12-22-14)19-10-8-13-5-2-1-3-6-13;/h1-7,12H,8-11H2,(H5,17,18,19,20,21);1H. The van der Waals surface area contributed by atoms with E-state index in [0.29, 0.717) is 12.5 Å². The smallest absolute Gasteiger partial charge is 0.198 e. The molecule has 2 aromatic rings. The lowest BCUT2D eigenvalue weighted by molar-refractivity contribution is 0.838. The Hall–Kier alpha value is -2.05. The van der Waals surface area contributed by atoms with Crippen LogP contribution < -0.4 is 16.4 Å². The van der Waals surface area contributed by atoms with Gasteiger partial charge in [0.15, 0.2) is 11.9 Å². The lowest BCUT2D eigenvalue weighted by atomic mass is 10.2. The molecule has 0 saturated heterocycles. The molecule has 2 rings (SSSR count). The van der Waals surface area contributed by atoms with E-state index in [0.717, 1.165) is 19.4 Å². The molecule has 0 aliphatic carbocycles. The van der Waals surface area contributed by atoms with Crippen LogP contribution in [-0.2, 0) is 12.8 Å². The normalized spacial score (nSPS) is 10.7. The van der Waals surface area contributed by atoms with Crippen LogP contribution in [0.1, 0.15) is 10.4 Å². The van der Waals surface area contributed by atoms with Gasteiger partial charge in [-0.15, -0.1) is 23.7 Å². The molecular weight excluding hydrogens is 330 g/mol. The van der Waals surface area contributed by atoms with E-state index < -0.39 is 0 Å². The summed E-state index contributed by atoms with van der Waals surface area (Å²) < 4.78 is 0. The summed E-state index contributed by atoms with van der Waals surface area (Å²) in [6.07, 6.45) is 1.78. The predicted octanol–water partition coefficient (Wildman–Crippen LogP) is 2.38. The van der Waals surface area contributed by atoms with Crippen LogP contribution in [0.4, 0.5) is 0 Å². The van der Waals surface area contributed by atoms with E-state index >= 15 is 0 Å². The fraction of sp³-hybridized carbons (Fsp3) is 0.250. The predicted molar refractivity (Wildman–Crippen MR) is 101 cm³/mol. The van der Waals surface area contributed by atoms with Crippen LogP contribution in [0, 0.1) is 5.41 Å². The Bertz CT molecular complexity index is 598. The molecule has 1 heterocycles. The largest absolute Gasteiger partial charge is 0.370 e. The maximum atomic E-state index is 7.35. The van der Waals surface area contributed by atoms with Gasteiger partial charge >= 0.3 is 0 Å². The molecule has 0 saturated carbocycles. The van der Waals surface area contributed by atoms with E-state index in [2.05, 4.69) is 39.2 Å². The summed E-state index contributed by atoms with van der Waals surface area (Å²) in [5.74, 6) is 0.446. The Morgan fingerprint density at radius 2 is 1.91 bits per heavy atom. The molecule has 0 fully saturated rings. The first kappa shape index (κ1) is 19.0. The van der Waals surface area contributed by atoms with Crippen molar-refractivity contribution in [2.45, 2.75) is 12.8 Å². The zero-order chi connectivity index (χ0) is 15.6. The molecule has 0 aliphatic rings. The van der Waals surface area contributed by atoms with Crippen LogP contribution in [0.5, 0.6) is 0 Å². The number of nitrogens with zero attached hydrogens (tertiary/aromatic N) is 1. The second-order valence-electron chi connectivity index (χ2n) is 4.76. The molecule has 23 heavy (non-hydrogen) atoms. The summed E-state index contributed by atoms with van der Waals surface area (Å²) in [4.78, 5) is 5.77. The summed E-state index contributed by atoms with van der Waals surface area (Å²) in [6.45, 7) is 1.40. The average molecular weight is 352 g/mol. The quantitative estimate of drug-likeness (QED) is 0.476. The highest BCUT2D eigenvalue weighted by Crippen LogP contribution is 2.08. The van der Waals surface area contributed by atoms with Crippen LogP contribution in [0.15, 0.2) is 52.8 Å². The molecule has 5 N–H and O–H groups in total. The van der Waals surface area contributed by atoms with Gasteiger partial charge in [0.05, 0.1) is 0 Å². The van der Waals surface area contributed by atoms with Crippen LogP contribution in [0.25, 0.3) is 0 Å². The molecule has 0 radical (unpaired) electrons. The number of halogens is 1. The summed E-state index contributed by atoms with van der Waals surface area (Å²) in [7, 11) is 0. The van der Waals surface area contributed by atoms with Crippen molar-refractivity contribution in [3.05, 3.63) is 58.3 Å². The number of aliphatic imine (C=N–C) groups is 1. The van der Waals surface area contributed by atoms with Gasteiger partial charge in [-0.3, -0.25) is 15.7 Å². The molecule has 7 heteroatoms. The molecule has 0 unspecified atom stereocenters. The van der Waals surface area contributed by atoms with Gasteiger partial charge in [-0.25, -0.2) is 0 Å². The lowest BCUT2D eigenvalue weighted by Crippen LogP contribution is -2.44. The first-order chi connectivity index (χ1) is 10.7. The van der Waals surface area contributed by atoms with Gasteiger partial charge in [-0.05, 0) is 29.9 Å². The van der Waals surface area contributed by atoms with Crippen LogP contribution in [0.3, 0.4) is 0 Å². The van der Waals surface area contributed by atoms with Gasteiger partial charge in [-0.1, -0.05) is 36.4 Å². The fourth-order valence-corrected chi connectivity index (χ4v) is 2.68. The Morgan fingerprint density at radius 3 is 2.57 bits per heavy atom. The Balaban J connectivity index is 0.00000264. The highest BCUT2D eigenvalue weighted by molar-refractivity contribution is 7.09. The highest BCUT2D eigenvalue weighted by atomic mass is 35.5. The molecule has 1 aromatic carbocycles. The first-order valence-corrected chi connectivity index (χ1v) is 8.07. The Kier molecular flexibility index (Phi) is 8.79. The number of thiophene rings is 1. The van der Waals surface area contributed by atoms with Crippen LogP contribution in [-0.4, -0.2) is 25.0 Å². The maximum Gasteiger partial charge on any atom is 0.198 e. The van der Waals surface area contributed by atoms with Crippen molar-refractivity contribution in [2.75, 3.05) is 13.1 Å². The fourth-order valence-electron chi connectivity index (χ4n) is 1.97. The molecular formula is C16H22ClN5S. The second-order valence-corrected chi connectivity index (χ2v) is 5.79. The maximum absolute atomic E-state index is 7.35. The van der Waals surface area contributed by atoms with E-state index in [1.54, 1.807) is 11.3 Å². The summed E-state index contributed by atoms with van der Waals surface area (Å²) in [5, 5.41) is 15.4. The minimum absolute atomic E-state index is 0. The third kappa shape index (κ3) is 7.67. The van der Waals surface area contributed by atoms with Gasteiger partial charge in [0.25, 0.3) is 0 Å². The molecule has 0 amide bonds. The number of hydrogen-bond donors (Lipinski definition) is 4. The molecule has 0 atom stereocenters. The van der Waals surface area contributed by atoms with E-state index in [1.165, 1.54) is 10.4 Å². The molecule has 0 spiro atoms. The molecule has 0 bridgehead atoms. The number of guanidine groups is 2. The minimum atomic E-state index is -0.109. The highest BCUT2D eigenvalue weighted by Gasteiger charge is 2.00. The van der Waals surface area contributed by atoms with Crippen molar-refractivity contribution in [1.29, 1.82) is 5.41 Å². The van der Waals surface area contributed by atoms with Crippen molar-refractivity contribution in [3.8, 4) is 0 Å². The van der Waals surface area contributed by atoms with E-state index in [4.69, 9.17) is 11.1 Å². The SMILES string of the molecule is Cl.N=C(N)NC(=NCCc1ccccc1)NCCc1cccs1. The summed E-state index contributed by atoms with van der Waals surface area (Å²) in [6, 6.07) is 14.4. The topological polar surface area (TPSA) is 86.3 Å². The van der Waals surface area contributed by atoms with E-state index in [-0.39, 0.29) is 18.4 Å². The number of hydrogen-bond acceptors (Lipinski definition) is 3. The molecule has 5 nitrogen and oxygen atoms in total. The Morgan fingerprint density at radius 1 is 1.13 bits per heavy atom. The minimum Gasteiger partial charge on any atom is -0.370 e. The second kappa shape index (κ2) is 10.6. The van der Waals surface area contributed by atoms with Gasteiger partial charge < -0.3 is 11.1 Å². The van der Waals surface area contributed by atoms with E-state index in [9.17, 15) is 0 Å². The lowest BCUT2D eigenvalue weighted by Gasteiger charge is -2.11. The molecule has 0 aliphatic heterocycles. The molecule has 124 valence electrons. The number of benzene rings is 1. The van der Waals surface area contributed by atoms with Crippen LogP contribution in [0.2, 0.25) is 0 Å². The van der Waals surface area contributed by atoms with Gasteiger partial charge in [0.1, 0.15) is 0 Å². The van der Waals surface area contributed by atoms with Crippen molar-refractivity contribution >= 4 is 35.7 Å². The number of nitrogens with one attached hydrogen (secondary N) is 3. The number of nitrogens with two attached hydrogens (primary N) is 1. The number of rotatable bonds is 6. The van der Waals surface area contributed by atoms with E-state index in [1.807, 2.05) is 24.3 Å². The van der Waals surface area contributed by atoms with Crippen LogP contribution >= 0.6 is 23.7 Å². The van der Waals surface area contributed by atoms with Gasteiger partial charge in [0.2, 0.25) is 0 Å².